The molecule has 3 rings (SSSR count). The van der Waals surface area contributed by atoms with Crippen LogP contribution in [0.5, 0.6) is 11.5 Å². The van der Waals surface area contributed by atoms with Crippen molar-refractivity contribution in [1.82, 2.24) is 15.6 Å². The third-order valence-electron chi connectivity index (χ3n) is 4.56. The Balaban J connectivity index is 0.00000341. The van der Waals surface area contributed by atoms with Crippen LogP contribution < -0.4 is 20.1 Å². The number of methoxy groups -OCH3 is 1. The number of halogens is 1. The molecule has 0 radical (unpaired) electrons. The Morgan fingerprint density at radius 1 is 1.00 bits per heavy atom. The normalized spacial score (nSPS) is 10.9. The summed E-state index contributed by atoms with van der Waals surface area (Å²) in [6.07, 6.45) is 0. The van der Waals surface area contributed by atoms with Gasteiger partial charge in [-0.15, -0.1) is 35.3 Å². The van der Waals surface area contributed by atoms with E-state index >= 15 is 0 Å². The van der Waals surface area contributed by atoms with Gasteiger partial charge < -0.3 is 20.1 Å². The zero-order chi connectivity index (χ0) is 21.3. The Kier molecular flexibility index (Phi) is 10.1. The molecule has 0 atom stereocenters. The fourth-order valence-corrected chi connectivity index (χ4v) is 3.86. The van der Waals surface area contributed by atoms with Crippen molar-refractivity contribution in [2.75, 3.05) is 14.2 Å². The molecule has 8 heteroatoms. The number of nitrogens with zero attached hydrogens (tertiary/aromatic N) is 2. The van der Waals surface area contributed by atoms with Gasteiger partial charge in [-0.1, -0.05) is 36.4 Å². The molecule has 0 aliphatic carbocycles. The van der Waals surface area contributed by atoms with Gasteiger partial charge in [0.15, 0.2) is 17.5 Å². The number of aromatic nitrogens is 1. The summed E-state index contributed by atoms with van der Waals surface area (Å²) in [5.41, 5.74) is 3.26. The lowest BCUT2D eigenvalue weighted by molar-refractivity contribution is 0.284. The molecule has 1 aromatic heterocycles. The molecule has 0 fully saturated rings. The summed E-state index contributed by atoms with van der Waals surface area (Å²) in [4.78, 5) is 9.98. The average Bonchev–Trinajstić information content (AvgIpc) is 3.10. The summed E-state index contributed by atoms with van der Waals surface area (Å²) in [6.45, 7) is 5.88. The average molecular weight is 552 g/mol. The van der Waals surface area contributed by atoms with E-state index in [1.807, 2.05) is 62.4 Å². The molecule has 0 aliphatic heterocycles. The van der Waals surface area contributed by atoms with Crippen molar-refractivity contribution in [2.24, 2.45) is 4.99 Å². The number of hydrogen-bond donors (Lipinski definition) is 2. The molecule has 1 heterocycles. The highest BCUT2D eigenvalue weighted by Crippen LogP contribution is 2.28. The highest BCUT2D eigenvalue weighted by atomic mass is 127. The number of thiazole rings is 1. The second-order valence-corrected chi connectivity index (χ2v) is 8.07. The van der Waals surface area contributed by atoms with Crippen molar-refractivity contribution in [3.63, 3.8) is 0 Å². The number of nitrogens with one attached hydrogen (secondary N) is 2. The van der Waals surface area contributed by atoms with Crippen molar-refractivity contribution < 1.29 is 9.47 Å². The molecule has 0 saturated carbocycles. The first-order valence-electron chi connectivity index (χ1n) is 9.80. The third-order valence-corrected chi connectivity index (χ3v) is 5.64. The Hall–Kier alpha value is -2.33. The summed E-state index contributed by atoms with van der Waals surface area (Å²) in [6, 6.07) is 16.0. The number of aliphatic imine (C=N–C) groups is 1. The van der Waals surface area contributed by atoms with Crippen molar-refractivity contribution >= 4 is 41.3 Å². The van der Waals surface area contributed by atoms with Gasteiger partial charge in [0.25, 0.3) is 0 Å². The minimum absolute atomic E-state index is 0. The molecule has 31 heavy (non-hydrogen) atoms. The maximum absolute atomic E-state index is 5.93. The summed E-state index contributed by atoms with van der Waals surface area (Å²) in [7, 11) is 3.42. The second-order valence-electron chi connectivity index (χ2n) is 6.78. The van der Waals surface area contributed by atoms with Gasteiger partial charge in [0.2, 0.25) is 0 Å². The number of rotatable bonds is 8. The number of ether oxygens (including phenoxy) is 2. The zero-order valence-corrected chi connectivity index (χ0v) is 21.4. The monoisotopic (exact) mass is 552 g/mol. The van der Waals surface area contributed by atoms with E-state index in [2.05, 4.69) is 20.6 Å². The van der Waals surface area contributed by atoms with Gasteiger partial charge in [0, 0.05) is 18.5 Å². The lowest BCUT2D eigenvalue weighted by Gasteiger charge is -2.14. The van der Waals surface area contributed by atoms with Crippen molar-refractivity contribution in [3.8, 4) is 11.5 Å². The fraction of sp³-hybridized carbons (Fsp3) is 0.304. The number of guanidine groups is 1. The SMILES string of the molecule is CN=C(NCc1ccc(OCc2ccccc2)c(OC)c1)NCc1sc(C)nc1C.I. The van der Waals surface area contributed by atoms with Gasteiger partial charge >= 0.3 is 0 Å². The van der Waals surface area contributed by atoms with Crippen LogP contribution in [0.4, 0.5) is 0 Å². The molecule has 2 aromatic carbocycles. The summed E-state index contributed by atoms with van der Waals surface area (Å²) in [5, 5.41) is 7.76. The first kappa shape index (κ1) is 24.9. The van der Waals surface area contributed by atoms with Crippen LogP contribution in [0.2, 0.25) is 0 Å². The van der Waals surface area contributed by atoms with E-state index in [1.54, 1.807) is 25.5 Å². The fourth-order valence-electron chi connectivity index (χ4n) is 2.98. The van der Waals surface area contributed by atoms with Crippen molar-refractivity contribution in [3.05, 3.63) is 75.2 Å². The minimum atomic E-state index is 0. The zero-order valence-electron chi connectivity index (χ0n) is 18.3. The van der Waals surface area contributed by atoms with E-state index in [-0.39, 0.29) is 24.0 Å². The highest BCUT2D eigenvalue weighted by molar-refractivity contribution is 14.0. The Morgan fingerprint density at radius 3 is 2.39 bits per heavy atom. The topological polar surface area (TPSA) is 67.8 Å². The van der Waals surface area contributed by atoms with E-state index in [9.17, 15) is 0 Å². The molecular formula is C23H29IN4O2S. The molecule has 0 bridgehead atoms. The van der Waals surface area contributed by atoms with Crippen LogP contribution in [-0.2, 0) is 19.7 Å². The van der Waals surface area contributed by atoms with Crippen LogP contribution in [0, 0.1) is 13.8 Å². The van der Waals surface area contributed by atoms with E-state index in [4.69, 9.17) is 9.47 Å². The van der Waals surface area contributed by atoms with E-state index in [0.29, 0.717) is 25.4 Å². The first-order valence-corrected chi connectivity index (χ1v) is 10.6. The number of hydrogen-bond acceptors (Lipinski definition) is 5. The molecule has 0 amide bonds. The third kappa shape index (κ3) is 7.39. The van der Waals surface area contributed by atoms with Gasteiger partial charge in [-0.3, -0.25) is 4.99 Å². The Morgan fingerprint density at radius 2 is 1.74 bits per heavy atom. The summed E-state index contributed by atoms with van der Waals surface area (Å²) < 4.78 is 11.5. The van der Waals surface area contributed by atoms with Crippen LogP contribution >= 0.6 is 35.3 Å². The maximum atomic E-state index is 5.93. The van der Waals surface area contributed by atoms with Crippen LogP contribution in [0.1, 0.15) is 26.7 Å². The Labute approximate surface area is 205 Å². The summed E-state index contributed by atoms with van der Waals surface area (Å²) in [5.74, 6) is 2.18. The van der Waals surface area contributed by atoms with Gasteiger partial charge in [-0.2, -0.15) is 0 Å². The Bertz CT molecular complexity index is 992. The van der Waals surface area contributed by atoms with Crippen LogP contribution in [0.3, 0.4) is 0 Å². The maximum Gasteiger partial charge on any atom is 0.191 e. The van der Waals surface area contributed by atoms with E-state index in [0.717, 1.165) is 33.5 Å². The van der Waals surface area contributed by atoms with Gasteiger partial charge in [-0.25, -0.2) is 4.98 Å². The lowest BCUT2D eigenvalue weighted by atomic mass is 10.2. The molecule has 0 saturated heterocycles. The number of benzene rings is 2. The largest absolute Gasteiger partial charge is 0.493 e. The van der Waals surface area contributed by atoms with Crippen molar-refractivity contribution in [2.45, 2.75) is 33.5 Å². The molecule has 0 spiro atoms. The molecule has 6 nitrogen and oxygen atoms in total. The predicted octanol–water partition coefficient (Wildman–Crippen LogP) is 4.83. The molecule has 2 N–H and O–H groups in total. The van der Waals surface area contributed by atoms with Crippen LogP contribution in [0.15, 0.2) is 53.5 Å². The highest BCUT2D eigenvalue weighted by Gasteiger charge is 2.08. The number of aryl methyl sites for hydroxylation is 2. The molecule has 0 aliphatic rings. The standard InChI is InChI=1S/C23H28N4O2S.HI/c1-16-22(30-17(2)27-16)14-26-23(24-3)25-13-19-10-11-20(21(12-19)28-4)29-15-18-8-6-5-7-9-18;/h5-12H,13-15H2,1-4H3,(H2,24,25,26);1H. The molecule has 0 unspecified atom stereocenters. The minimum Gasteiger partial charge on any atom is -0.493 e. The van der Waals surface area contributed by atoms with E-state index < -0.39 is 0 Å². The van der Waals surface area contributed by atoms with E-state index in [1.165, 1.54) is 4.88 Å². The van der Waals surface area contributed by atoms with Crippen LogP contribution in [0.25, 0.3) is 0 Å². The first-order chi connectivity index (χ1) is 14.6. The molecular weight excluding hydrogens is 523 g/mol. The molecule has 166 valence electrons. The second kappa shape index (κ2) is 12.5. The van der Waals surface area contributed by atoms with Gasteiger partial charge in [-0.05, 0) is 37.1 Å². The lowest BCUT2D eigenvalue weighted by Crippen LogP contribution is -2.36. The van der Waals surface area contributed by atoms with Gasteiger partial charge in [0.05, 0.1) is 24.4 Å². The predicted molar refractivity (Wildman–Crippen MR) is 138 cm³/mol. The smallest absolute Gasteiger partial charge is 0.191 e. The van der Waals surface area contributed by atoms with Gasteiger partial charge in [0.1, 0.15) is 6.61 Å². The quantitative estimate of drug-likeness (QED) is 0.238. The molecule has 3 aromatic rings. The van der Waals surface area contributed by atoms with Crippen molar-refractivity contribution in [1.29, 1.82) is 0 Å². The summed E-state index contributed by atoms with van der Waals surface area (Å²) >= 11 is 1.70. The van der Waals surface area contributed by atoms with Crippen LogP contribution in [-0.4, -0.2) is 25.1 Å².